The van der Waals surface area contributed by atoms with E-state index in [4.69, 9.17) is 9.47 Å². The summed E-state index contributed by atoms with van der Waals surface area (Å²) >= 11 is 1.61. The summed E-state index contributed by atoms with van der Waals surface area (Å²) in [5.74, 6) is 0.556. The van der Waals surface area contributed by atoms with Crippen molar-refractivity contribution < 1.29 is 56.2 Å². The van der Waals surface area contributed by atoms with Crippen molar-refractivity contribution in [3.8, 4) is 17.2 Å². The smallest absolute Gasteiger partial charge is 0.716 e. The maximum Gasteiger partial charge on any atom is 1.00 e. The van der Waals surface area contributed by atoms with Crippen LogP contribution >= 0.6 is 11.3 Å². The van der Waals surface area contributed by atoms with E-state index in [1.807, 2.05) is 24.6 Å². The van der Waals surface area contributed by atoms with E-state index in [0.29, 0.717) is 16.5 Å². The second-order valence-electron chi connectivity index (χ2n) is 5.95. The maximum absolute atomic E-state index is 11.2. The van der Waals surface area contributed by atoms with E-state index in [-0.39, 0.29) is 47.2 Å². The zero-order valence-electron chi connectivity index (χ0n) is 16.4. The molecule has 0 unspecified atom stereocenters. The zero-order valence-corrected chi connectivity index (χ0v) is 20.0. The van der Waals surface area contributed by atoms with E-state index in [9.17, 15) is 13.0 Å². The quantitative estimate of drug-likeness (QED) is 0.291. The Kier molecular flexibility index (Phi) is 8.77. The third-order valence-electron chi connectivity index (χ3n) is 4.13. The van der Waals surface area contributed by atoms with Crippen molar-refractivity contribution in [1.29, 1.82) is 0 Å². The van der Waals surface area contributed by atoms with Gasteiger partial charge in [0.05, 0.1) is 7.11 Å². The van der Waals surface area contributed by atoms with Crippen LogP contribution in [-0.2, 0) is 10.4 Å². The molecule has 3 rings (SSSR count). The Morgan fingerprint density at radius 2 is 1.90 bits per heavy atom. The monoisotopic (exact) mass is 445 g/mol. The molecule has 0 bridgehead atoms. The van der Waals surface area contributed by atoms with Crippen molar-refractivity contribution in [2.75, 3.05) is 20.7 Å². The molecular formula is C19H20NNaO6S2. The summed E-state index contributed by atoms with van der Waals surface area (Å²) in [6, 6.07) is 12.4. The molecule has 7 nitrogen and oxygen atoms in total. The molecular weight excluding hydrogens is 425 g/mol. The standard InChI is InChI=1S/C19H21NO6S2.Na/c1-20-11-10-16(18-7-4-12-27-18)25-15-6-3-5-14-13(15)8-9-17(24-2)19(14)26-28(21,22)23;/h3-9,12,16,20H,10-11H2,1-2H3,(H,21,22,23);/q;+1/p-1/t16-;/m0./s1. The van der Waals surface area contributed by atoms with Crippen LogP contribution in [0.5, 0.6) is 17.2 Å². The molecule has 0 radical (unpaired) electrons. The predicted octanol–water partition coefficient (Wildman–Crippen LogP) is 0.483. The van der Waals surface area contributed by atoms with E-state index in [2.05, 4.69) is 9.50 Å². The Bertz CT molecular complexity index is 1040. The van der Waals surface area contributed by atoms with Crippen LogP contribution in [0.3, 0.4) is 0 Å². The average molecular weight is 445 g/mol. The van der Waals surface area contributed by atoms with Crippen molar-refractivity contribution in [3.05, 3.63) is 52.7 Å². The molecule has 0 amide bonds. The van der Waals surface area contributed by atoms with Gasteiger partial charge in [0.1, 0.15) is 11.9 Å². The third-order valence-corrected chi connectivity index (χ3v) is 5.46. The van der Waals surface area contributed by atoms with Gasteiger partial charge < -0.3 is 23.5 Å². The van der Waals surface area contributed by atoms with Gasteiger partial charge in [-0.2, -0.15) is 0 Å². The van der Waals surface area contributed by atoms with Gasteiger partial charge in [-0.1, -0.05) is 18.2 Å². The van der Waals surface area contributed by atoms with E-state index in [0.717, 1.165) is 17.8 Å². The second kappa shape index (κ2) is 10.6. The average Bonchev–Trinajstić information content (AvgIpc) is 3.19. The molecule has 0 aliphatic heterocycles. The summed E-state index contributed by atoms with van der Waals surface area (Å²) in [5, 5.41) is 6.14. The van der Waals surface area contributed by atoms with Crippen LogP contribution in [0.1, 0.15) is 17.4 Å². The molecule has 1 N–H and O–H groups in total. The molecule has 150 valence electrons. The van der Waals surface area contributed by atoms with Gasteiger partial charge >= 0.3 is 29.6 Å². The number of fused-ring (bicyclic) bond motifs is 1. The summed E-state index contributed by atoms with van der Waals surface area (Å²) in [7, 11) is -1.71. The fourth-order valence-corrected chi connectivity index (χ4v) is 4.06. The molecule has 1 atom stereocenters. The van der Waals surface area contributed by atoms with Crippen LogP contribution in [0, 0.1) is 0 Å². The molecule has 0 saturated carbocycles. The van der Waals surface area contributed by atoms with Gasteiger partial charge in [-0.15, -0.1) is 11.3 Å². The number of hydrogen-bond acceptors (Lipinski definition) is 8. The Morgan fingerprint density at radius 1 is 1.10 bits per heavy atom. The predicted molar refractivity (Wildman–Crippen MR) is 107 cm³/mol. The molecule has 29 heavy (non-hydrogen) atoms. The first-order valence-corrected chi connectivity index (χ1v) is 10.7. The molecule has 10 heteroatoms. The molecule has 1 aromatic heterocycles. The van der Waals surface area contributed by atoms with Gasteiger partial charge in [-0.3, -0.25) is 0 Å². The molecule has 0 aliphatic carbocycles. The minimum absolute atomic E-state index is 0. The molecule has 1 heterocycles. The summed E-state index contributed by atoms with van der Waals surface area (Å²) in [6.07, 6.45) is 0.578. The fraction of sp³-hybridized carbons (Fsp3) is 0.263. The number of ether oxygens (including phenoxy) is 2. The normalized spacial score (nSPS) is 12.2. The molecule has 3 aromatic rings. The zero-order chi connectivity index (χ0) is 20.1. The Balaban J connectivity index is 0.00000300. The van der Waals surface area contributed by atoms with Crippen LogP contribution in [-0.4, -0.2) is 33.7 Å². The van der Waals surface area contributed by atoms with Gasteiger partial charge in [0.25, 0.3) is 10.4 Å². The topological polar surface area (TPSA) is 96.9 Å². The van der Waals surface area contributed by atoms with Crippen LogP contribution in [0.2, 0.25) is 0 Å². The number of thiophene rings is 1. The van der Waals surface area contributed by atoms with Crippen LogP contribution in [0.25, 0.3) is 10.8 Å². The minimum atomic E-state index is -4.96. The minimum Gasteiger partial charge on any atom is -0.716 e. The first-order valence-electron chi connectivity index (χ1n) is 8.52. The van der Waals surface area contributed by atoms with E-state index in [1.54, 1.807) is 41.7 Å². The van der Waals surface area contributed by atoms with Crippen molar-refractivity contribution >= 4 is 32.5 Å². The van der Waals surface area contributed by atoms with E-state index < -0.39 is 10.4 Å². The SMILES string of the molecule is CNCC[C@H](Oc1cccc2c(OS(=O)(=O)[O-])c(OC)ccc12)c1cccs1.[Na+]. The van der Waals surface area contributed by atoms with Crippen LogP contribution in [0.15, 0.2) is 47.8 Å². The maximum atomic E-state index is 11.2. The largest absolute Gasteiger partial charge is 1.00 e. The summed E-state index contributed by atoms with van der Waals surface area (Å²) in [6.45, 7) is 0.768. The molecule has 0 saturated heterocycles. The van der Waals surface area contributed by atoms with Gasteiger partial charge in [-0.25, -0.2) is 8.42 Å². The van der Waals surface area contributed by atoms with Gasteiger partial charge in [0.2, 0.25) is 0 Å². The summed E-state index contributed by atoms with van der Waals surface area (Å²) in [4.78, 5) is 1.08. The Labute approximate surface area is 196 Å². The number of benzene rings is 2. The third kappa shape index (κ3) is 6.08. The summed E-state index contributed by atoms with van der Waals surface area (Å²) in [5.41, 5.74) is 0. The second-order valence-corrected chi connectivity index (χ2v) is 7.92. The van der Waals surface area contributed by atoms with Crippen molar-refractivity contribution in [3.63, 3.8) is 0 Å². The first-order chi connectivity index (χ1) is 13.4. The van der Waals surface area contributed by atoms with Crippen molar-refractivity contribution in [1.82, 2.24) is 5.32 Å². The Hall–Kier alpha value is -1.33. The molecule has 0 aliphatic rings. The number of rotatable bonds is 9. The fourth-order valence-electron chi connectivity index (χ4n) is 2.90. The van der Waals surface area contributed by atoms with Crippen molar-refractivity contribution in [2.45, 2.75) is 12.5 Å². The molecule has 0 spiro atoms. The van der Waals surface area contributed by atoms with Crippen LogP contribution in [0.4, 0.5) is 0 Å². The number of methoxy groups -OCH3 is 1. The summed E-state index contributed by atoms with van der Waals surface area (Å²) < 4.78 is 49.6. The molecule has 0 fully saturated rings. The van der Waals surface area contributed by atoms with Gasteiger partial charge in [-0.05, 0) is 43.2 Å². The van der Waals surface area contributed by atoms with E-state index >= 15 is 0 Å². The number of hydrogen-bond donors (Lipinski definition) is 1. The van der Waals surface area contributed by atoms with Crippen LogP contribution < -0.4 is 48.5 Å². The number of nitrogens with one attached hydrogen (secondary N) is 1. The Morgan fingerprint density at radius 3 is 2.52 bits per heavy atom. The van der Waals surface area contributed by atoms with Gasteiger partial charge in [0.15, 0.2) is 11.5 Å². The van der Waals surface area contributed by atoms with Gasteiger partial charge in [0, 0.05) is 22.1 Å². The van der Waals surface area contributed by atoms with Crippen molar-refractivity contribution in [2.24, 2.45) is 0 Å². The molecule has 2 aromatic carbocycles. The van der Waals surface area contributed by atoms with E-state index in [1.165, 1.54) is 7.11 Å². The first kappa shape index (κ1) is 23.9.